The Balaban J connectivity index is 1.37. The molecule has 2 N–H and O–H groups in total. The molecule has 1 aliphatic rings. The molecular weight excluding hydrogens is 388 g/mol. The number of nitrogens with zero attached hydrogens (tertiary/aromatic N) is 2. The Labute approximate surface area is 186 Å². The second kappa shape index (κ2) is 12.2. The number of benzene rings is 2. The number of likely N-dealkylation sites (tertiary alicyclic amines) is 1. The minimum Gasteiger partial charge on any atom is -0.493 e. The van der Waals surface area contributed by atoms with E-state index in [0.717, 1.165) is 49.9 Å². The quantitative estimate of drug-likeness (QED) is 0.347. The van der Waals surface area contributed by atoms with Crippen LogP contribution in [0.15, 0.2) is 47.5 Å². The van der Waals surface area contributed by atoms with Crippen LogP contribution >= 0.6 is 0 Å². The van der Waals surface area contributed by atoms with Crippen LogP contribution in [0.25, 0.3) is 0 Å². The third-order valence-electron chi connectivity index (χ3n) is 5.69. The molecule has 1 fully saturated rings. The van der Waals surface area contributed by atoms with Crippen LogP contribution in [-0.4, -0.2) is 51.8 Å². The molecule has 0 unspecified atom stereocenters. The number of rotatable bonds is 10. The number of guanidine groups is 1. The Morgan fingerprint density at radius 3 is 2.26 bits per heavy atom. The molecule has 1 aliphatic heterocycles. The number of methoxy groups -OCH3 is 2. The number of nitrogens with one attached hydrogen (secondary N) is 2. The molecule has 0 bridgehead atoms. The zero-order valence-electron chi connectivity index (χ0n) is 19.1. The molecule has 0 amide bonds. The molecule has 2 aromatic rings. The van der Waals surface area contributed by atoms with Crippen molar-refractivity contribution in [1.82, 2.24) is 15.5 Å². The highest BCUT2D eigenvalue weighted by atomic mass is 16.5. The molecule has 0 aromatic heterocycles. The van der Waals surface area contributed by atoms with Gasteiger partial charge in [-0.25, -0.2) is 0 Å². The first kappa shape index (κ1) is 22.9. The molecule has 31 heavy (non-hydrogen) atoms. The first-order valence-corrected chi connectivity index (χ1v) is 11.2. The van der Waals surface area contributed by atoms with Crippen molar-refractivity contribution in [2.24, 2.45) is 4.99 Å². The van der Waals surface area contributed by atoms with Gasteiger partial charge in [-0.3, -0.25) is 9.89 Å². The van der Waals surface area contributed by atoms with Crippen molar-refractivity contribution >= 4 is 5.96 Å². The normalized spacial score (nSPS) is 14.5. The summed E-state index contributed by atoms with van der Waals surface area (Å²) in [5.74, 6) is 2.36. The van der Waals surface area contributed by atoms with Crippen LogP contribution in [-0.2, 0) is 19.5 Å². The second-order valence-corrected chi connectivity index (χ2v) is 7.95. The number of hydrogen-bond acceptors (Lipinski definition) is 4. The Bertz CT molecular complexity index is 830. The molecule has 2 aromatic carbocycles. The topological polar surface area (TPSA) is 58.1 Å². The van der Waals surface area contributed by atoms with Gasteiger partial charge in [0.25, 0.3) is 0 Å². The molecule has 6 nitrogen and oxygen atoms in total. The lowest BCUT2D eigenvalue weighted by atomic mass is 10.1. The lowest BCUT2D eigenvalue weighted by Gasteiger charge is -2.15. The number of hydrogen-bond donors (Lipinski definition) is 2. The van der Waals surface area contributed by atoms with E-state index in [1.807, 2.05) is 19.2 Å². The van der Waals surface area contributed by atoms with Crippen molar-refractivity contribution in [1.29, 1.82) is 0 Å². The van der Waals surface area contributed by atoms with Crippen molar-refractivity contribution in [2.45, 2.75) is 38.8 Å². The van der Waals surface area contributed by atoms with Gasteiger partial charge in [0.15, 0.2) is 17.5 Å². The zero-order valence-corrected chi connectivity index (χ0v) is 19.1. The van der Waals surface area contributed by atoms with Crippen molar-refractivity contribution in [3.05, 3.63) is 59.2 Å². The highest BCUT2D eigenvalue weighted by molar-refractivity contribution is 5.79. The highest BCUT2D eigenvalue weighted by Crippen LogP contribution is 2.27. The van der Waals surface area contributed by atoms with Gasteiger partial charge in [-0.1, -0.05) is 30.3 Å². The van der Waals surface area contributed by atoms with Crippen LogP contribution in [0.5, 0.6) is 11.5 Å². The van der Waals surface area contributed by atoms with Crippen molar-refractivity contribution in [3.63, 3.8) is 0 Å². The smallest absolute Gasteiger partial charge is 0.191 e. The van der Waals surface area contributed by atoms with E-state index in [1.165, 1.54) is 42.6 Å². The van der Waals surface area contributed by atoms with Gasteiger partial charge in [0.05, 0.1) is 14.2 Å². The van der Waals surface area contributed by atoms with Gasteiger partial charge in [-0.05, 0) is 67.6 Å². The maximum atomic E-state index is 5.38. The second-order valence-electron chi connectivity index (χ2n) is 7.95. The van der Waals surface area contributed by atoms with Gasteiger partial charge in [-0.15, -0.1) is 0 Å². The Morgan fingerprint density at radius 1 is 0.903 bits per heavy atom. The largest absolute Gasteiger partial charge is 0.493 e. The van der Waals surface area contributed by atoms with E-state index in [9.17, 15) is 0 Å². The fraction of sp³-hybridized carbons (Fsp3) is 0.480. The van der Waals surface area contributed by atoms with E-state index in [0.29, 0.717) is 0 Å². The summed E-state index contributed by atoms with van der Waals surface area (Å²) in [7, 11) is 5.13. The molecule has 3 rings (SSSR count). The summed E-state index contributed by atoms with van der Waals surface area (Å²) in [6, 6.07) is 15.0. The van der Waals surface area contributed by atoms with Crippen LogP contribution in [0, 0.1) is 0 Å². The standard InChI is InChI=1S/C25H36N4O2/c1-26-25(27-14-6-7-20-12-13-23(30-2)24(17-20)31-3)28-18-21-8-10-22(11-9-21)19-29-15-4-5-16-29/h8-13,17H,4-7,14-16,18-19H2,1-3H3,(H2,26,27,28). The molecule has 1 heterocycles. The Morgan fingerprint density at radius 2 is 1.58 bits per heavy atom. The minimum atomic E-state index is 0.762. The van der Waals surface area contributed by atoms with Gasteiger partial charge in [-0.2, -0.15) is 0 Å². The molecule has 0 spiro atoms. The third kappa shape index (κ3) is 7.17. The van der Waals surface area contributed by atoms with Gasteiger partial charge >= 0.3 is 0 Å². The summed E-state index contributed by atoms with van der Waals surface area (Å²) >= 11 is 0. The highest BCUT2D eigenvalue weighted by Gasteiger charge is 2.11. The number of ether oxygens (including phenoxy) is 2. The van der Waals surface area contributed by atoms with Gasteiger partial charge in [0.2, 0.25) is 0 Å². The molecule has 1 saturated heterocycles. The summed E-state index contributed by atoms with van der Waals surface area (Å²) in [6.07, 6.45) is 4.63. The number of aliphatic imine (C=N–C) groups is 1. The summed E-state index contributed by atoms with van der Waals surface area (Å²) in [5.41, 5.74) is 3.89. The monoisotopic (exact) mass is 424 g/mol. The lowest BCUT2D eigenvalue weighted by Crippen LogP contribution is -2.37. The first-order valence-electron chi connectivity index (χ1n) is 11.2. The SMILES string of the molecule is CN=C(NCCCc1ccc(OC)c(OC)c1)NCc1ccc(CN2CCCC2)cc1. The summed E-state index contributed by atoms with van der Waals surface area (Å²) in [5, 5.41) is 6.80. The van der Waals surface area contributed by atoms with Crippen molar-refractivity contribution < 1.29 is 9.47 Å². The molecule has 0 aliphatic carbocycles. The van der Waals surface area contributed by atoms with Crippen LogP contribution < -0.4 is 20.1 Å². The summed E-state index contributed by atoms with van der Waals surface area (Å²) < 4.78 is 10.7. The molecule has 0 saturated carbocycles. The van der Waals surface area contributed by atoms with Crippen molar-refractivity contribution in [2.75, 3.05) is 40.9 Å². The average Bonchev–Trinajstić information content (AvgIpc) is 3.32. The zero-order chi connectivity index (χ0) is 21.9. The molecular formula is C25H36N4O2. The van der Waals surface area contributed by atoms with Crippen LogP contribution in [0.4, 0.5) is 0 Å². The Kier molecular flexibility index (Phi) is 9.03. The van der Waals surface area contributed by atoms with Gasteiger partial charge in [0, 0.05) is 26.7 Å². The summed E-state index contributed by atoms with van der Waals surface area (Å²) in [4.78, 5) is 6.86. The van der Waals surface area contributed by atoms with E-state index in [2.05, 4.69) is 50.9 Å². The van der Waals surface area contributed by atoms with Crippen LogP contribution in [0.2, 0.25) is 0 Å². The molecule has 168 valence electrons. The fourth-order valence-corrected chi connectivity index (χ4v) is 3.90. The molecule has 6 heteroatoms. The maximum absolute atomic E-state index is 5.38. The minimum absolute atomic E-state index is 0.762. The van der Waals surface area contributed by atoms with E-state index in [1.54, 1.807) is 14.2 Å². The van der Waals surface area contributed by atoms with E-state index in [-0.39, 0.29) is 0 Å². The number of aryl methyl sites for hydroxylation is 1. The molecule has 0 radical (unpaired) electrons. The van der Waals surface area contributed by atoms with Crippen LogP contribution in [0.1, 0.15) is 36.0 Å². The lowest BCUT2D eigenvalue weighted by molar-refractivity contribution is 0.331. The first-order chi connectivity index (χ1) is 15.2. The van der Waals surface area contributed by atoms with Gasteiger partial charge < -0.3 is 20.1 Å². The predicted molar refractivity (Wildman–Crippen MR) is 127 cm³/mol. The predicted octanol–water partition coefficient (Wildman–Crippen LogP) is 3.60. The van der Waals surface area contributed by atoms with E-state index >= 15 is 0 Å². The maximum Gasteiger partial charge on any atom is 0.191 e. The van der Waals surface area contributed by atoms with E-state index < -0.39 is 0 Å². The van der Waals surface area contributed by atoms with Gasteiger partial charge in [0.1, 0.15) is 0 Å². The molecule has 0 atom stereocenters. The summed E-state index contributed by atoms with van der Waals surface area (Å²) in [6.45, 7) is 5.15. The van der Waals surface area contributed by atoms with Crippen LogP contribution in [0.3, 0.4) is 0 Å². The third-order valence-corrected chi connectivity index (χ3v) is 5.69. The average molecular weight is 425 g/mol. The Hall–Kier alpha value is -2.73. The fourth-order valence-electron chi connectivity index (χ4n) is 3.90. The van der Waals surface area contributed by atoms with E-state index in [4.69, 9.17) is 9.47 Å². The van der Waals surface area contributed by atoms with Crippen molar-refractivity contribution in [3.8, 4) is 11.5 Å².